The van der Waals surface area contributed by atoms with Crippen molar-refractivity contribution in [2.24, 2.45) is 0 Å². The molecule has 0 saturated carbocycles. The number of hydrogen-bond donors (Lipinski definition) is 2. The van der Waals surface area contributed by atoms with Gasteiger partial charge in [-0.05, 0) is 36.1 Å². The van der Waals surface area contributed by atoms with E-state index in [9.17, 15) is 14.0 Å². The Morgan fingerprint density at radius 3 is 2.71 bits per heavy atom. The van der Waals surface area contributed by atoms with E-state index in [1.807, 2.05) is 27.8 Å². The standard InChI is InChI=1S/C24H24FN5O2S2/c1-15-4-5-18(17(25)11-15)26-21(31)13-30-8-6-29(7-9-30)12-20-27-23(32)22-16(14-34-24(22)28-20)19-3-2-10-33-19/h2-5,10-11,14H,6-9,12-13H2,1H3,(H,26,31)(H,27,28,32). The summed E-state index contributed by atoms with van der Waals surface area (Å²) in [7, 11) is 0. The predicted molar refractivity (Wildman–Crippen MR) is 135 cm³/mol. The zero-order chi connectivity index (χ0) is 23.7. The summed E-state index contributed by atoms with van der Waals surface area (Å²) in [5.74, 6) is -0.00473. The second-order valence-electron chi connectivity index (χ2n) is 8.40. The Kier molecular flexibility index (Phi) is 6.55. The number of aromatic amines is 1. The highest BCUT2D eigenvalue weighted by atomic mass is 32.1. The highest BCUT2D eigenvalue weighted by molar-refractivity contribution is 7.18. The Bertz CT molecular complexity index is 1370. The van der Waals surface area contributed by atoms with E-state index in [0.29, 0.717) is 30.8 Å². The first-order valence-electron chi connectivity index (χ1n) is 11.0. The molecule has 7 nitrogen and oxygen atoms in total. The number of nitrogens with one attached hydrogen (secondary N) is 2. The van der Waals surface area contributed by atoms with E-state index in [-0.39, 0.29) is 23.7 Å². The second kappa shape index (κ2) is 9.75. The molecule has 0 radical (unpaired) electrons. The molecule has 1 saturated heterocycles. The van der Waals surface area contributed by atoms with Gasteiger partial charge in [-0.1, -0.05) is 12.1 Å². The molecule has 0 bridgehead atoms. The average molecular weight is 498 g/mol. The van der Waals surface area contributed by atoms with Gasteiger partial charge in [0.05, 0.1) is 24.2 Å². The van der Waals surface area contributed by atoms with Crippen molar-refractivity contribution in [1.82, 2.24) is 19.8 Å². The van der Waals surface area contributed by atoms with E-state index in [1.165, 1.54) is 17.4 Å². The molecule has 1 aliphatic heterocycles. The number of fused-ring (bicyclic) bond motifs is 1. The van der Waals surface area contributed by atoms with Crippen LogP contribution in [0.15, 0.2) is 45.9 Å². The number of carbonyl (C=O) groups is 1. The molecule has 1 aliphatic rings. The molecule has 4 aromatic rings. The molecule has 4 heterocycles. The number of nitrogens with zero attached hydrogens (tertiary/aromatic N) is 3. The van der Waals surface area contributed by atoms with Crippen LogP contribution in [0.4, 0.5) is 10.1 Å². The maximum absolute atomic E-state index is 14.0. The molecule has 176 valence electrons. The SMILES string of the molecule is Cc1ccc(NC(=O)CN2CCN(Cc3nc4scc(-c5cccs5)c4c(=O)[nH]3)CC2)c(F)c1. The molecule has 1 fully saturated rings. The molecule has 1 aromatic carbocycles. The van der Waals surface area contributed by atoms with Crippen LogP contribution < -0.4 is 10.9 Å². The van der Waals surface area contributed by atoms with Crippen LogP contribution in [0.1, 0.15) is 11.4 Å². The van der Waals surface area contributed by atoms with Gasteiger partial charge in [0.15, 0.2) is 0 Å². The molecule has 0 aliphatic carbocycles. The van der Waals surface area contributed by atoms with Crippen molar-refractivity contribution in [3.63, 3.8) is 0 Å². The molecule has 0 atom stereocenters. The van der Waals surface area contributed by atoms with Crippen molar-refractivity contribution in [2.45, 2.75) is 13.5 Å². The first-order chi connectivity index (χ1) is 16.5. The van der Waals surface area contributed by atoms with E-state index in [2.05, 4.69) is 15.2 Å². The van der Waals surface area contributed by atoms with Crippen LogP contribution in [0.3, 0.4) is 0 Å². The zero-order valence-electron chi connectivity index (χ0n) is 18.6. The number of piperazine rings is 1. The van der Waals surface area contributed by atoms with Crippen LogP contribution in [0.5, 0.6) is 0 Å². The number of carbonyl (C=O) groups excluding carboxylic acids is 1. The fourth-order valence-corrected chi connectivity index (χ4v) is 5.89. The third kappa shape index (κ3) is 4.95. The van der Waals surface area contributed by atoms with Gasteiger partial charge in [-0.15, -0.1) is 22.7 Å². The van der Waals surface area contributed by atoms with Crippen molar-refractivity contribution in [2.75, 3.05) is 38.0 Å². The number of hydrogen-bond acceptors (Lipinski definition) is 7. The third-order valence-electron chi connectivity index (χ3n) is 5.88. The number of aromatic nitrogens is 2. The van der Waals surface area contributed by atoms with Crippen molar-refractivity contribution in [3.8, 4) is 10.4 Å². The zero-order valence-corrected chi connectivity index (χ0v) is 20.3. The van der Waals surface area contributed by atoms with Crippen molar-refractivity contribution >= 4 is 44.5 Å². The number of H-pyrrole nitrogens is 1. The Morgan fingerprint density at radius 1 is 1.18 bits per heavy atom. The van der Waals surface area contributed by atoms with Crippen LogP contribution in [-0.4, -0.2) is 58.4 Å². The predicted octanol–water partition coefficient (Wildman–Crippen LogP) is 3.92. The topological polar surface area (TPSA) is 81.3 Å². The minimum atomic E-state index is -0.426. The van der Waals surface area contributed by atoms with Crippen molar-refractivity contribution in [1.29, 1.82) is 0 Å². The minimum absolute atomic E-state index is 0.108. The molecular formula is C24H24FN5O2S2. The summed E-state index contributed by atoms with van der Waals surface area (Å²) in [5.41, 5.74) is 1.84. The highest BCUT2D eigenvalue weighted by Gasteiger charge is 2.21. The third-order valence-corrected chi connectivity index (χ3v) is 7.66. The van der Waals surface area contributed by atoms with E-state index in [1.54, 1.807) is 30.4 Å². The summed E-state index contributed by atoms with van der Waals surface area (Å²) >= 11 is 3.10. The first kappa shape index (κ1) is 22.9. The second-order valence-corrected chi connectivity index (χ2v) is 10.2. The Hall–Kier alpha value is -2.92. The van der Waals surface area contributed by atoms with Gasteiger partial charge in [-0.3, -0.25) is 19.4 Å². The summed E-state index contributed by atoms with van der Waals surface area (Å²) in [6.07, 6.45) is 0. The van der Waals surface area contributed by atoms with E-state index < -0.39 is 5.82 Å². The average Bonchev–Trinajstić information content (AvgIpc) is 3.47. The lowest BCUT2D eigenvalue weighted by Gasteiger charge is -2.33. The lowest BCUT2D eigenvalue weighted by Crippen LogP contribution is -2.48. The smallest absolute Gasteiger partial charge is 0.260 e. The molecule has 0 spiro atoms. The summed E-state index contributed by atoms with van der Waals surface area (Å²) < 4.78 is 14.0. The van der Waals surface area contributed by atoms with Gasteiger partial charge in [0.2, 0.25) is 5.91 Å². The van der Waals surface area contributed by atoms with Crippen LogP contribution in [-0.2, 0) is 11.3 Å². The molecule has 5 rings (SSSR count). The van der Waals surface area contributed by atoms with E-state index in [4.69, 9.17) is 4.98 Å². The lowest BCUT2D eigenvalue weighted by atomic mass is 10.2. The number of thiophene rings is 2. The summed E-state index contributed by atoms with van der Waals surface area (Å²) in [5, 5.41) is 7.30. The van der Waals surface area contributed by atoms with Crippen molar-refractivity contribution in [3.05, 3.63) is 68.7 Å². The van der Waals surface area contributed by atoms with Crippen LogP contribution >= 0.6 is 22.7 Å². The summed E-state index contributed by atoms with van der Waals surface area (Å²) in [6, 6.07) is 8.75. The summed E-state index contributed by atoms with van der Waals surface area (Å²) in [4.78, 5) is 38.9. The molecule has 2 N–H and O–H groups in total. The molecule has 0 unspecified atom stereocenters. The maximum atomic E-state index is 14.0. The first-order valence-corrected chi connectivity index (χ1v) is 12.8. The van der Waals surface area contributed by atoms with Gasteiger partial charge in [-0.2, -0.15) is 0 Å². The quantitative estimate of drug-likeness (QED) is 0.422. The van der Waals surface area contributed by atoms with E-state index >= 15 is 0 Å². The molecule has 34 heavy (non-hydrogen) atoms. The fraction of sp³-hybridized carbons (Fsp3) is 0.292. The van der Waals surface area contributed by atoms with Crippen LogP contribution in [0, 0.1) is 12.7 Å². The molecular weight excluding hydrogens is 473 g/mol. The number of amides is 1. The van der Waals surface area contributed by atoms with Crippen LogP contribution in [0.2, 0.25) is 0 Å². The van der Waals surface area contributed by atoms with E-state index in [0.717, 1.165) is 33.9 Å². The normalized spacial score (nSPS) is 15.1. The Balaban J connectivity index is 1.17. The van der Waals surface area contributed by atoms with Gasteiger partial charge < -0.3 is 10.3 Å². The van der Waals surface area contributed by atoms with Crippen molar-refractivity contribution < 1.29 is 9.18 Å². The summed E-state index contributed by atoms with van der Waals surface area (Å²) in [6.45, 7) is 5.47. The largest absolute Gasteiger partial charge is 0.322 e. The maximum Gasteiger partial charge on any atom is 0.260 e. The number of aryl methyl sites for hydroxylation is 1. The Morgan fingerprint density at radius 2 is 1.97 bits per heavy atom. The van der Waals surface area contributed by atoms with Gasteiger partial charge >= 0.3 is 0 Å². The van der Waals surface area contributed by atoms with Crippen LogP contribution in [0.25, 0.3) is 20.7 Å². The fourth-order valence-electron chi connectivity index (χ4n) is 4.11. The number of benzene rings is 1. The minimum Gasteiger partial charge on any atom is -0.322 e. The lowest BCUT2D eigenvalue weighted by molar-refractivity contribution is -0.117. The monoisotopic (exact) mass is 497 g/mol. The Labute approximate surface area is 203 Å². The highest BCUT2D eigenvalue weighted by Crippen LogP contribution is 2.33. The molecule has 3 aromatic heterocycles. The molecule has 1 amide bonds. The van der Waals surface area contributed by atoms with Gasteiger partial charge in [0.25, 0.3) is 5.56 Å². The molecule has 10 heteroatoms. The van der Waals surface area contributed by atoms with Gasteiger partial charge in [0.1, 0.15) is 16.5 Å². The number of anilines is 1. The van der Waals surface area contributed by atoms with Gasteiger partial charge in [0, 0.05) is 42.0 Å². The van der Waals surface area contributed by atoms with Gasteiger partial charge in [-0.25, -0.2) is 9.37 Å². The number of halogens is 1. The number of rotatable bonds is 6.